The summed E-state index contributed by atoms with van der Waals surface area (Å²) in [4.78, 5) is 37.9. The van der Waals surface area contributed by atoms with Gasteiger partial charge in [0, 0.05) is 19.3 Å². The third-order valence-electron chi connectivity index (χ3n) is 10.8. The van der Waals surface area contributed by atoms with E-state index < -0.39 is 6.10 Å². The number of ether oxygens (including phenoxy) is 3. The minimum Gasteiger partial charge on any atom is -0.462 e. The van der Waals surface area contributed by atoms with Crippen molar-refractivity contribution in [3.8, 4) is 0 Å². The highest BCUT2D eigenvalue weighted by atomic mass is 16.6. The van der Waals surface area contributed by atoms with E-state index in [-0.39, 0.29) is 37.5 Å². The van der Waals surface area contributed by atoms with E-state index >= 15 is 0 Å². The van der Waals surface area contributed by atoms with Gasteiger partial charge in [-0.2, -0.15) is 0 Å². The molecule has 0 rings (SSSR count). The first-order valence-electron chi connectivity index (χ1n) is 25.5. The zero-order valence-electron chi connectivity index (χ0n) is 39.9. The van der Waals surface area contributed by atoms with Crippen molar-refractivity contribution in [2.24, 2.45) is 0 Å². The number of unbranched alkanes of at least 4 members (excludes halogenated alkanes) is 26. The molecule has 0 aliphatic carbocycles. The smallest absolute Gasteiger partial charge is 0.306 e. The Bertz CT molecular complexity index is 1160. The molecular weight excluding hydrogens is 757 g/mol. The first-order valence-corrected chi connectivity index (χ1v) is 25.5. The lowest BCUT2D eigenvalue weighted by molar-refractivity contribution is -0.167. The molecule has 0 heterocycles. The van der Waals surface area contributed by atoms with Crippen LogP contribution < -0.4 is 0 Å². The summed E-state index contributed by atoms with van der Waals surface area (Å²) in [5.41, 5.74) is 0. The highest BCUT2D eigenvalue weighted by Gasteiger charge is 2.19. The van der Waals surface area contributed by atoms with Crippen molar-refractivity contribution in [2.45, 2.75) is 245 Å². The van der Waals surface area contributed by atoms with E-state index in [1.165, 1.54) is 141 Å². The summed E-state index contributed by atoms with van der Waals surface area (Å²) in [6, 6.07) is 0. The summed E-state index contributed by atoms with van der Waals surface area (Å²) >= 11 is 0. The fraction of sp³-hybridized carbons (Fsp3) is 0.727. The number of hydrogen-bond donors (Lipinski definition) is 0. The van der Waals surface area contributed by atoms with Crippen LogP contribution in [-0.2, 0) is 28.6 Å². The van der Waals surface area contributed by atoms with Crippen LogP contribution in [-0.4, -0.2) is 37.2 Å². The molecule has 61 heavy (non-hydrogen) atoms. The van der Waals surface area contributed by atoms with Crippen molar-refractivity contribution in [3.63, 3.8) is 0 Å². The van der Waals surface area contributed by atoms with Gasteiger partial charge in [-0.05, 0) is 57.8 Å². The first kappa shape index (κ1) is 57.9. The van der Waals surface area contributed by atoms with Gasteiger partial charge in [-0.3, -0.25) is 14.4 Å². The van der Waals surface area contributed by atoms with Crippen LogP contribution in [0.3, 0.4) is 0 Å². The molecule has 0 aliphatic heterocycles. The van der Waals surface area contributed by atoms with Crippen LogP contribution in [0.5, 0.6) is 0 Å². The highest BCUT2D eigenvalue weighted by Crippen LogP contribution is 2.15. The molecule has 0 bridgehead atoms. The Morgan fingerprint density at radius 3 is 1.08 bits per heavy atom. The van der Waals surface area contributed by atoms with Crippen molar-refractivity contribution >= 4 is 17.9 Å². The molecule has 6 nitrogen and oxygen atoms in total. The SMILES string of the molecule is CC\C=C/C=C\C=C/C=C\C=C/CCCC(=O)OC(COC(=O)CCCCCCCCC/C=C\CCCCCCCCCC)COC(=O)CCCCCCCCCCCCC. The molecule has 0 saturated carbocycles. The van der Waals surface area contributed by atoms with Crippen LogP contribution >= 0.6 is 0 Å². The number of carbonyl (C=O) groups excluding carboxylic acids is 3. The first-order chi connectivity index (χ1) is 30.0. The molecule has 0 spiro atoms. The molecule has 0 radical (unpaired) electrons. The molecule has 0 N–H and O–H groups in total. The van der Waals surface area contributed by atoms with Crippen molar-refractivity contribution in [1.29, 1.82) is 0 Å². The summed E-state index contributed by atoms with van der Waals surface area (Å²) in [7, 11) is 0. The fourth-order valence-electron chi connectivity index (χ4n) is 7.00. The lowest BCUT2D eigenvalue weighted by Crippen LogP contribution is -2.30. The highest BCUT2D eigenvalue weighted by molar-refractivity contribution is 5.71. The maximum absolute atomic E-state index is 12.7. The van der Waals surface area contributed by atoms with E-state index in [0.29, 0.717) is 19.3 Å². The summed E-state index contributed by atoms with van der Waals surface area (Å²) in [5.74, 6) is -0.983. The third-order valence-corrected chi connectivity index (χ3v) is 10.8. The molecule has 0 aromatic carbocycles. The maximum atomic E-state index is 12.7. The minimum atomic E-state index is -0.811. The van der Waals surface area contributed by atoms with E-state index in [2.05, 4.69) is 39.0 Å². The van der Waals surface area contributed by atoms with Crippen molar-refractivity contribution in [3.05, 3.63) is 72.9 Å². The van der Waals surface area contributed by atoms with E-state index in [1.54, 1.807) is 0 Å². The predicted octanol–water partition coefficient (Wildman–Crippen LogP) is 16.6. The summed E-state index contributed by atoms with van der Waals surface area (Å²) in [6.45, 7) is 6.42. The molecular formula is C55H94O6. The van der Waals surface area contributed by atoms with E-state index in [4.69, 9.17) is 14.2 Å². The van der Waals surface area contributed by atoms with Gasteiger partial charge in [-0.1, -0.05) is 235 Å². The largest absolute Gasteiger partial charge is 0.462 e. The van der Waals surface area contributed by atoms with Gasteiger partial charge in [0.2, 0.25) is 0 Å². The number of esters is 3. The van der Waals surface area contributed by atoms with Gasteiger partial charge in [-0.15, -0.1) is 0 Å². The Balaban J connectivity index is 4.41. The fourth-order valence-corrected chi connectivity index (χ4v) is 7.00. The summed E-state index contributed by atoms with van der Waals surface area (Å²) < 4.78 is 16.7. The maximum Gasteiger partial charge on any atom is 0.306 e. The van der Waals surface area contributed by atoms with Gasteiger partial charge in [0.25, 0.3) is 0 Å². The van der Waals surface area contributed by atoms with Gasteiger partial charge >= 0.3 is 17.9 Å². The van der Waals surface area contributed by atoms with E-state index in [0.717, 1.165) is 51.4 Å². The van der Waals surface area contributed by atoms with Gasteiger partial charge in [-0.25, -0.2) is 0 Å². The number of hydrogen-bond acceptors (Lipinski definition) is 6. The quantitative estimate of drug-likeness (QED) is 0.0200. The second-order valence-corrected chi connectivity index (χ2v) is 16.8. The Kier molecular flexibility index (Phi) is 46.9. The van der Waals surface area contributed by atoms with Crippen LogP contribution in [0.25, 0.3) is 0 Å². The van der Waals surface area contributed by atoms with Crippen LogP contribution in [0, 0.1) is 0 Å². The molecule has 0 fully saturated rings. The van der Waals surface area contributed by atoms with Crippen LogP contribution in [0.2, 0.25) is 0 Å². The number of rotatable bonds is 45. The molecule has 0 amide bonds. The normalized spacial score (nSPS) is 12.6. The van der Waals surface area contributed by atoms with Crippen LogP contribution in [0.1, 0.15) is 239 Å². The van der Waals surface area contributed by atoms with Gasteiger partial charge in [0.1, 0.15) is 13.2 Å². The molecule has 1 unspecified atom stereocenters. The molecule has 0 aliphatic rings. The van der Waals surface area contributed by atoms with Gasteiger partial charge < -0.3 is 14.2 Å². The summed E-state index contributed by atoms with van der Waals surface area (Å²) in [6.07, 6.45) is 61.8. The van der Waals surface area contributed by atoms with Crippen LogP contribution in [0.4, 0.5) is 0 Å². The monoisotopic (exact) mass is 851 g/mol. The molecule has 0 aromatic heterocycles. The third kappa shape index (κ3) is 47.7. The molecule has 0 aromatic rings. The lowest BCUT2D eigenvalue weighted by Gasteiger charge is -2.18. The molecule has 1 atom stereocenters. The van der Waals surface area contributed by atoms with Crippen molar-refractivity contribution in [1.82, 2.24) is 0 Å². The standard InChI is InChI=1S/C55H94O6/c1-4-7-10-13-16-19-22-24-25-26-27-28-29-31-33-36-39-42-45-48-54(57)60-51-52(50-59-53(56)47-44-41-38-35-32-21-18-15-12-9-6-3)61-55(58)49-46-43-40-37-34-30-23-20-17-14-11-8-5-2/h8,11,14,17,20,23,26-27,30,34,37,40,52H,4-7,9-10,12-13,15-16,18-19,21-22,24-25,28-29,31-33,35-36,38-39,41-51H2,1-3H3/b11-8-,17-14-,23-20-,27-26-,34-30-,40-37-. The minimum absolute atomic E-state index is 0.104. The van der Waals surface area contributed by atoms with Crippen LogP contribution in [0.15, 0.2) is 72.9 Å². The zero-order valence-corrected chi connectivity index (χ0v) is 39.9. The Hall–Kier alpha value is -3.15. The molecule has 350 valence electrons. The number of carbonyl (C=O) groups is 3. The Morgan fingerprint density at radius 1 is 0.344 bits per heavy atom. The second kappa shape index (κ2) is 49.5. The van der Waals surface area contributed by atoms with E-state index in [1.807, 2.05) is 54.7 Å². The molecule has 0 saturated heterocycles. The second-order valence-electron chi connectivity index (χ2n) is 16.8. The predicted molar refractivity (Wildman–Crippen MR) is 261 cm³/mol. The van der Waals surface area contributed by atoms with Crippen molar-refractivity contribution in [2.75, 3.05) is 13.2 Å². The van der Waals surface area contributed by atoms with Gasteiger partial charge in [0.15, 0.2) is 6.10 Å². The average molecular weight is 851 g/mol. The van der Waals surface area contributed by atoms with Gasteiger partial charge in [0.05, 0.1) is 0 Å². The topological polar surface area (TPSA) is 78.9 Å². The lowest BCUT2D eigenvalue weighted by atomic mass is 10.1. The zero-order chi connectivity index (χ0) is 44.4. The molecule has 6 heteroatoms. The summed E-state index contributed by atoms with van der Waals surface area (Å²) in [5, 5.41) is 0. The van der Waals surface area contributed by atoms with E-state index in [9.17, 15) is 14.4 Å². The Morgan fingerprint density at radius 2 is 0.672 bits per heavy atom. The number of allylic oxidation sites excluding steroid dienone is 12. The van der Waals surface area contributed by atoms with Crippen molar-refractivity contribution < 1.29 is 28.6 Å². The average Bonchev–Trinajstić information content (AvgIpc) is 3.26. The Labute approximate surface area is 376 Å².